The van der Waals surface area contributed by atoms with E-state index in [2.05, 4.69) is 15.6 Å². The van der Waals surface area contributed by atoms with Gasteiger partial charge in [-0.05, 0) is 55.9 Å². The second-order valence-electron chi connectivity index (χ2n) is 7.01. The topological polar surface area (TPSA) is 64.1 Å². The molecule has 0 amide bonds. The molecule has 0 aromatic heterocycles. The van der Waals surface area contributed by atoms with Gasteiger partial charge < -0.3 is 24.8 Å². The molecule has 0 spiro atoms. The average Bonchev–Trinajstić information content (AvgIpc) is 2.63. The van der Waals surface area contributed by atoms with Crippen molar-refractivity contribution in [1.29, 1.82) is 0 Å². The van der Waals surface area contributed by atoms with E-state index in [1.54, 1.807) is 21.3 Å². The predicted octanol–water partition coefficient (Wildman–Crippen LogP) is 3.45. The van der Waals surface area contributed by atoms with Crippen molar-refractivity contribution in [2.45, 2.75) is 38.7 Å². The van der Waals surface area contributed by atoms with E-state index in [4.69, 9.17) is 14.2 Å². The number of halogens is 1. The molecule has 154 valence electrons. The molecule has 7 heteroatoms. The van der Waals surface area contributed by atoms with E-state index in [-0.39, 0.29) is 30.1 Å². The van der Waals surface area contributed by atoms with Crippen molar-refractivity contribution in [2.24, 2.45) is 10.4 Å². The second kappa shape index (κ2) is 12.3. The fourth-order valence-electron chi connectivity index (χ4n) is 3.17. The van der Waals surface area contributed by atoms with Gasteiger partial charge in [0.05, 0.1) is 13.7 Å². The van der Waals surface area contributed by atoms with Gasteiger partial charge in [0.1, 0.15) is 17.6 Å². The molecule has 1 aliphatic rings. The van der Waals surface area contributed by atoms with Crippen LogP contribution in [-0.4, -0.2) is 53.0 Å². The summed E-state index contributed by atoms with van der Waals surface area (Å²) in [4.78, 5) is 4.32. The predicted molar refractivity (Wildman–Crippen MR) is 121 cm³/mol. The van der Waals surface area contributed by atoms with Crippen LogP contribution in [0.15, 0.2) is 29.3 Å². The van der Waals surface area contributed by atoms with Crippen LogP contribution in [0.4, 0.5) is 0 Å². The van der Waals surface area contributed by atoms with Gasteiger partial charge >= 0.3 is 0 Å². The van der Waals surface area contributed by atoms with Crippen LogP contribution in [0.5, 0.6) is 11.5 Å². The van der Waals surface area contributed by atoms with Crippen molar-refractivity contribution >= 4 is 29.9 Å². The smallest absolute Gasteiger partial charge is 0.191 e. The monoisotopic (exact) mass is 491 g/mol. The maximum Gasteiger partial charge on any atom is 0.191 e. The van der Waals surface area contributed by atoms with Crippen LogP contribution < -0.4 is 20.1 Å². The molecule has 1 aromatic rings. The standard InChI is InChI=1S/C20H33N3O3.HI/c1-16(26-18-8-6-17(25-4)7-9-18)14-22-19(21-2)23-15-20(10-5-11-20)12-13-24-3;/h6-9,16H,5,10-15H2,1-4H3,(H2,21,22,23);1H. The molecule has 0 saturated heterocycles. The van der Waals surface area contributed by atoms with Crippen molar-refractivity contribution in [2.75, 3.05) is 41.0 Å². The minimum atomic E-state index is 0. The Morgan fingerprint density at radius 2 is 1.81 bits per heavy atom. The van der Waals surface area contributed by atoms with Gasteiger partial charge in [0, 0.05) is 27.3 Å². The summed E-state index contributed by atoms with van der Waals surface area (Å²) in [6.07, 6.45) is 4.96. The summed E-state index contributed by atoms with van der Waals surface area (Å²) in [7, 11) is 5.22. The first kappa shape index (κ1) is 23.8. The highest BCUT2D eigenvalue weighted by atomic mass is 127. The summed E-state index contributed by atoms with van der Waals surface area (Å²) in [5.41, 5.74) is 0.360. The first-order valence-electron chi connectivity index (χ1n) is 9.35. The normalized spacial score (nSPS) is 16.5. The van der Waals surface area contributed by atoms with E-state index >= 15 is 0 Å². The van der Waals surface area contributed by atoms with E-state index in [9.17, 15) is 0 Å². The fraction of sp³-hybridized carbons (Fsp3) is 0.650. The Labute approximate surface area is 180 Å². The van der Waals surface area contributed by atoms with Crippen LogP contribution in [0.3, 0.4) is 0 Å². The first-order chi connectivity index (χ1) is 12.6. The largest absolute Gasteiger partial charge is 0.497 e. The molecule has 1 saturated carbocycles. The summed E-state index contributed by atoms with van der Waals surface area (Å²) in [5, 5.41) is 6.81. The Bertz CT molecular complexity index is 562. The van der Waals surface area contributed by atoms with E-state index in [0.717, 1.165) is 37.0 Å². The Kier molecular flexibility index (Phi) is 10.8. The highest BCUT2D eigenvalue weighted by molar-refractivity contribution is 14.0. The van der Waals surface area contributed by atoms with Crippen LogP contribution in [0.25, 0.3) is 0 Å². The van der Waals surface area contributed by atoms with Crippen LogP contribution >= 0.6 is 24.0 Å². The molecule has 1 unspecified atom stereocenters. The molecule has 27 heavy (non-hydrogen) atoms. The number of aliphatic imine (C=N–C) groups is 1. The van der Waals surface area contributed by atoms with E-state index in [0.29, 0.717) is 12.0 Å². The lowest BCUT2D eigenvalue weighted by molar-refractivity contribution is 0.0732. The Morgan fingerprint density at radius 3 is 2.33 bits per heavy atom. The number of hydrogen-bond donors (Lipinski definition) is 2. The molecule has 0 aliphatic heterocycles. The Hall–Kier alpha value is -1.22. The lowest BCUT2D eigenvalue weighted by Gasteiger charge is -2.42. The lowest BCUT2D eigenvalue weighted by Crippen LogP contribution is -2.48. The number of nitrogens with one attached hydrogen (secondary N) is 2. The number of rotatable bonds is 10. The molecule has 0 heterocycles. The molecule has 1 fully saturated rings. The molecule has 1 aliphatic carbocycles. The second-order valence-corrected chi connectivity index (χ2v) is 7.01. The molecule has 2 N–H and O–H groups in total. The number of benzene rings is 1. The zero-order valence-electron chi connectivity index (χ0n) is 16.9. The van der Waals surface area contributed by atoms with Crippen molar-refractivity contribution < 1.29 is 14.2 Å². The van der Waals surface area contributed by atoms with E-state index in [1.807, 2.05) is 31.2 Å². The van der Waals surface area contributed by atoms with Gasteiger partial charge in [0.2, 0.25) is 0 Å². The van der Waals surface area contributed by atoms with Gasteiger partial charge in [0.25, 0.3) is 0 Å². The van der Waals surface area contributed by atoms with Crippen molar-refractivity contribution in [1.82, 2.24) is 10.6 Å². The van der Waals surface area contributed by atoms with E-state index in [1.165, 1.54) is 19.3 Å². The van der Waals surface area contributed by atoms with Gasteiger partial charge in [-0.2, -0.15) is 0 Å². The molecular weight excluding hydrogens is 457 g/mol. The van der Waals surface area contributed by atoms with Gasteiger partial charge in [0.15, 0.2) is 5.96 Å². The first-order valence-corrected chi connectivity index (χ1v) is 9.35. The molecule has 1 aromatic carbocycles. The van der Waals surface area contributed by atoms with Crippen LogP contribution in [0.2, 0.25) is 0 Å². The third kappa shape index (κ3) is 7.73. The highest BCUT2D eigenvalue weighted by Crippen LogP contribution is 2.43. The number of hydrogen-bond acceptors (Lipinski definition) is 4. The maximum absolute atomic E-state index is 5.92. The summed E-state index contributed by atoms with van der Waals surface area (Å²) in [6, 6.07) is 7.62. The van der Waals surface area contributed by atoms with Gasteiger partial charge in [-0.15, -0.1) is 24.0 Å². The van der Waals surface area contributed by atoms with E-state index < -0.39 is 0 Å². The van der Waals surface area contributed by atoms with Gasteiger partial charge in [-0.1, -0.05) is 6.42 Å². The molecule has 2 rings (SSSR count). The van der Waals surface area contributed by atoms with Crippen LogP contribution in [0.1, 0.15) is 32.6 Å². The average molecular weight is 491 g/mol. The molecule has 1 atom stereocenters. The van der Waals surface area contributed by atoms with Crippen molar-refractivity contribution in [3.63, 3.8) is 0 Å². The Balaban J connectivity index is 0.00000364. The lowest BCUT2D eigenvalue weighted by atomic mass is 9.67. The van der Waals surface area contributed by atoms with Crippen LogP contribution in [0, 0.1) is 5.41 Å². The van der Waals surface area contributed by atoms with Crippen molar-refractivity contribution in [3.05, 3.63) is 24.3 Å². The number of ether oxygens (including phenoxy) is 3. The van der Waals surface area contributed by atoms with Gasteiger partial charge in [-0.25, -0.2) is 0 Å². The van der Waals surface area contributed by atoms with Gasteiger partial charge in [-0.3, -0.25) is 4.99 Å². The number of methoxy groups -OCH3 is 2. The fourth-order valence-corrected chi connectivity index (χ4v) is 3.17. The summed E-state index contributed by atoms with van der Waals surface area (Å²) >= 11 is 0. The zero-order chi connectivity index (χ0) is 18.8. The number of guanidine groups is 1. The zero-order valence-corrected chi connectivity index (χ0v) is 19.2. The summed E-state index contributed by atoms with van der Waals surface area (Å²) in [6.45, 7) is 4.47. The number of nitrogens with zero attached hydrogens (tertiary/aromatic N) is 1. The maximum atomic E-state index is 5.92. The molecule has 6 nitrogen and oxygen atoms in total. The summed E-state index contributed by atoms with van der Waals surface area (Å²) in [5.74, 6) is 2.47. The Morgan fingerprint density at radius 1 is 1.15 bits per heavy atom. The van der Waals surface area contributed by atoms with Crippen LogP contribution in [-0.2, 0) is 4.74 Å². The third-order valence-corrected chi connectivity index (χ3v) is 5.06. The minimum absolute atomic E-state index is 0. The molecule has 0 radical (unpaired) electrons. The highest BCUT2D eigenvalue weighted by Gasteiger charge is 2.36. The third-order valence-electron chi connectivity index (χ3n) is 5.06. The molecule has 0 bridgehead atoms. The quantitative estimate of drug-likeness (QED) is 0.298. The minimum Gasteiger partial charge on any atom is -0.497 e. The summed E-state index contributed by atoms with van der Waals surface area (Å²) < 4.78 is 16.3. The SMILES string of the molecule is CN=C(NCC(C)Oc1ccc(OC)cc1)NCC1(CCOC)CCC1.I. The molecular formula is C20H34IN3O3. The van der Waals surface area contributed by atoms with Crippen molar-refractivity contribution in [3.8, 4) is 11.5 Å².